The second-order valence-corrected chi connectivity index (χ2v) is 4.53. The number of aryl methyl sites for hydroxylation is 1. The summed E-state index contributed by atoms with van der Waals surface area (Å²) in [5.74, 6) is 0.0638. The zero-order chi connectivity index (χ0) is 11.6. The van der Waals surface area contributed by atoms with Gasteiger partial charge in [-0.15, -0.1) is 0 Å². The average molecular weight is 218 g/mol. The number of rotatable bonds is 1. The van der Waals surface area contributed by atoms with Crippen LogP contribution in [0.25, 0.3) is 0 Å². The van der Waals surface area contributed by atoms with Crippen LogP contribution in [0.15, 0.2) is 24.3 Å². The van der Waals surface area contributed by atoms with Crippen LogP contribution in [-0.2, 0) is 10.3 Å². The molecular formula is C13H18N2O. The molecule has 1 unspecified atom stereocenters. The lowest BCUT2D eigenvalue weighted by atomic mass is 9.90. The summed E-state index contributed by atoms with van der Waals surface area (Å²) in [4.78, 5) is 12.0. The highest BCUT2D eigenvalue weighted by atomic mass is 16.2. The molecule has 1 aliphatic heterocycles. The quantitative estimate of drug-likeness (QED) is 0.746. The lowest BCUT2D eigenvalue weighted by Gasteiger charge is -2.28. The van der Waals surface area contributed by atoms with Gasteiger partial charge in [-0.25, -0.2) is 0 Å². The molecule has 1 atom stereocenters. The van der Waals surface area contributed by atoms with Gasteiger partial charge in [0.1, 0.15) is 5.54 Å². The molecule has 2 N–H and O–H groups in total. The highest BCUT2D eigenvalue weighted by molar-refractivity contribution is 5.87. The zero-order valence-electron chi connectivity index (χ0n) is 9.84. The van der Waals surface area contributed by atoms with Crippen LogP contribution in [0, 0.1) is 6.92 Å². The third-order valence-electron chi connectivity index (χ3n) is 3.20. The van der Waals surface area contributed by atoms with Gasteiger partial charge in [-0.2, -0.15) is 0 Å². The van der Waals surface area contributed by atoms with E-state index >= 15 is 0 Å². The molecule has 86 valence electrons. The van der Waals surface area contributed by atoms with Crippen LogP contribution in [-0.4, -0.2) is 19.0 Å². The molecule has 1 aliphatic rings. The van der Waals surface area contributed by atoms with E-state index in [9.17, 15) is 4.79 Å². The first-order valence-corrected chi connectivity index (χ1v) is 5.73. The minimum atomic E-state index is -0.593. The molecule has 1 fully saturated rings. The molecule has 1 saturated heterocycles. The smallest absolute Gasteiger partial charge is 0.244 e. The Balaban J connectivity index is 2.34. The summed E-state index contributed by atoms with van der Waals surface area (Å²) >= 11 is 0. The molecule has 0 saturated carbocycles. The van der Waals surface area contributed by atoms with E-state index in [1.807, 2.05) is 38.1 Å². The first-order valence-electron chi connectivity index (χ1n) is 5.73. The highest BCUT2D eigenvalue weighted by Crippen LogP contribution is 2.22. The summed E-state index contributed by atoms with van der Waals surface area (Å²) in [6, 6.07) is 8.13. The summed E-state index contributed by atoms with van der Waals surface area (Å²) in [5, 5.41) is 6.28. The summed E-state index contributed by atoms with van der Waals surface area (Å²) in [7, 11) is 0. The fraction of sp³-hybridized carbons (Fsp3) is 0.462. The summed E-state index contributed by atoms with van der Waals surface area (Å²) in [5.41, 5.74) is 1.64. The maximum Gasteiger partial charge on any atom is 0.244 e. The summed E-state index contributed by atoms with van der Waals surface area (Å²) in [6.07, 6.45) is 0.979. The Labute approximate surface area is 96.2 Å². The molecule has 0 aromatic heterocycles. The molecule has 1 amide bonds. The van der Waals surface area contributed by atoms with E-state index in [1.165, 1.54) is 5.56 Å². The number of hydrogen-bond acceptors (Lipinski definition) is 2. The second kappa shape index (κ2) is 4.26. The van der Waals surface area contributed by atoms with E-state index < -0.39 is 5.54 Å². The Morgan fingerprint density at radius 3 is 2.56 bits per heavy atom. The Morgan fingerprint density at radius 1 is 1.19 bits per heavy atom. The summed E-state index contributed by atoms with van der Waals surface area (Å²) < 4.78 is 0. The van der Waals surface area contributed by atoms with Crippen LogP contribution in [0.1, 0.15) is 24.5 Å². The normalized spacial score (nSPS) is 26.0. The largest absolute Gasteiger partial charge is 0.354 e. The van der Waals surface area contributed by atoms with E-state index in [4.69, 9.17) is 0 Å². The van der Waals surface area contributed by atoms with Gasteiger partial charge < -0.3 is 5.32 Å². The molecule has 0 aliphatic carbocycles. The fourth-order valence-electron chi connectivity index (χ4n) is 2.01. The Kier molecular flexibility index (Phi) is 2.97. The minimum Gasteiger partial charge on any atom is -0.354 e. The molecule has 2 rings (SSSR count). The van der Waals surface area contributed by atoms with E-state index in [0.717, 1.165) is 25.1 Å². The van der Waals surface area contributed by atoms with Crippen molar-refractivity contribution in [3.8, 4) is 0 Å². The van der Waals surface area contributed by atoms with Crippen LogP contribution in [0.5, 0.6) is 0 Å². The van der Waals surface area contributed by atoms with Crippen molar-refractivity contribution < 1.29 is 4.79 Å². The minimum absolute atomic E-state index is 0.0638. The van der Waals surface area contributed by atoms with Gasteiger partial charge in [-0.05, 0) is 32.4 Å². The van der Waals surface area contributed by atoms with Crippen molar-refractivity contribution in [3.05, 3.63) is 35.4 Å². The molecule has 0 bridgehead atoms. The van der Waals surface area contributed by atoms with Gasteiger partial charge >= 0.3 is 0 Å². The first-order chi connectivity index (χ1) is 7.63. The molecule has 0 radical (unpaired) electrons. The van der Waals surface area contributed by atoms with Gasteiger partial charge in [0, 0.05) is 6.54 Å². The number of benzene rings is 1. The van der Waals surface area contributed by atoms with Crippen molar-refractivity contribution in [2.24, 2.45) is 0 Å². The second-order valence-electron chi connectivity index (χ2n) is 4.53. The molecule has 1 heterocycles. The van der Waals surface area contributed by atoms with Gasteiger partial charge in [-0.3, -0.25) is 10.1 Å². The van der Waals surface area contributed by atoms with E-state index in [1.54, 1.807) is 0 Å². The van der Waals surface area contributed by atoms with Crippen molar-refractivity contribution in [2.75, 3.05) is 13.1 Å². The van der Waals surface area contributed by atoms with Gasteiger partial charge in [0.15, 0.2) is 0 Å². The van der Waals surface area contributed by atoms with Crippen LogP contribution < -0.4 is 10.6 Å². The van der Waals surface area contributed by atoms with Crippen LogP contribution in [0.4, 0.5) is 0 Å². The van der Waals surface area contributed by atoms with Crippen molar-refractivity contribution in [3.63, 3.8) is 0 Å². The van der Waals surface area contributed by atoms with Crippen LogP contribution >= 0.6 is 0 Å². The molecule has 0 spiro atoms. The monoisotopic (exact) mass is 218 g/mol. The van der Waals surface area contributed by atoms with Crippen molar-refractivity contribution in [1.82, 2.24) is 10.6 Å². The van der Waals surface area contributed by atoms with Crippen LogP contribution in [0.3, 0.4) is 0 Å². The third kappa shape index (κ3) is 1.95. The van der Waals surface area contributed by atoms with Crippen molar-refractivity contribution >= 4 is 5.91 Å². The standard InChI is InChI=1S/C13H18N2O/c1-10-4-6-11(7-5-10)13(2)12(16)14-8-3-9-15-13/h4-7,15H,3,8-9H2,1-2H3,(H,14,16). The van der Waals surface area contributed by atoms with Crippen LogP contribution in [0.2, 0.25) is 0 Å². The number of hydrogen-bond donors (Lipinski definition) is 2. The fourth-order valence-corrected chi connectivity index (χ4v) is 2.01. The maximum absolute atomic E-state index is 12.0. The van der Waals surface area contributed by atoms with E-state index in [-0.39, 0.29) is 5.91 Å². The van der Waals surface area contributed by atoms with Crippen molar-refractivity contribution in [1.29, 1.82) is 0 Å². The van der Waals surface area contributed by atoms with Gasteiger partial charge in [0.05, 0.1) is 0 Å². The zero-order valence-corrected chi connectivity index (χ0v) is 9.84. The van der Waals surface area contributed by atoms with Gasteiger partial charge in [0.25, 0.3) is 0 Å². The number of nitrogens with one attached hydrogen (secondary N) is 2. The SMILES string of the molecule is Cc1ccc(C2(C)NCCCNC2=O)cc1. The lowest BCUT2D eigenvalue weighted by Crippen LogP contribution is -2.49. The first kappa shape index (κ1) is 11.1. The van der Waals surface area contributed by atoms with Gasteiger partial charge in [-0.1, -0.05) is 29.8 Å². The molecule has 3 nitrogen and oxygen atoms in total. The predicted molar refractivity (Wildman–Crippen MR) is 64.2 cm³/mol. The third-order valence-corrected chi connectivity index (χ3v) is 3.20. The van der Waals surface area contributed by atoms with E-state index in [2.05, 4.69) is 10.6 Å². The molecular weight excluding hydrogens is 200 g/mol. The van der Waals surface area contributed by atoms with E-state index in [0.29, 0.717) is 0 Å². The maximum atomic E-state index is 12.0. The van der Waals surface area contributed by atoms with Gasteiger partial charge in [0.2, 0.25) is 5.91 Å². The molecule has 1 aromatic rings. The van der Waals surface area contributed by atoms with Crippen molar-refractivity contribution in [2.45, 2.75) is 25.8 Å². The Morgan fingerprint density at radius 2 is 1.88 bits per heavy atom. The Bertz CT molecular complexity index is 385. The molecule has 3 heteroatoms. The topological polar surface area (TPSA) is 41.1 Å². The number of amides is 1. The lowest BCUT2D eigenvalue weighted by molar-refractivity contribution is -0.126. The average Bonchev–Trinajstić information content (AvgIpc) is 2.44. The predicted octanol–water partition coefficient (Wildman–Crippen LogP) is 1.32. The summed E-state index contributed by atoms with van der Waals surface area (Å²) in [6.45, 7) is 5.61. The molecule has 1 aromatic carbocycles. The molecule has 16 heavy (non-hydrogen) atoms. The Hall–Kier alpha value is -1.35. The number of carbonyl (C=O) groups excluding carboxylic acids is 1. The number of carbonyl (C=O) groups is 1. The highest BCUT2D eigenvalue weighted by Gasteiger charge is 2.35.